The Bertz CT molecular complexity index is 1170. The monoisotopic (exact) mass is 489 g/mol. The molecule has 0 unspecified atom stereocenters. The zero-order valence-corrected chi connectivity index (χ0v) is 21.4. The summed E-state index contributed by atoms with van der Waals surface area (Å²) in [6.45, 7) is 9.37. The topological polar surface area (TPSA) is 79.7 Å². The largest absolute Gasteiger partial charge is 0.469 e. The first-order valence-electron chi connectivity index (χ1n) is 12.5. The maximum atomic E-state index is 12.7. The summed E-state index contributed by atoms with van der Waals surface area (Å²) in [5.74, 6) is -0.303. The molecule has 1 N–H and O–H groups in total. The minimum Gasteiger partial charge on any atom is -0.469 e. The standard InChI is InChI=1S/C28H35N5O3/c1-21-26(13-14-27(34)36-3)22(2)33(30-21)25-11-9-23(10-12-25)28(35)29-15-16-31-17-19-32(20-18-31)24-7-5-4-6-8-24/h4-12H,13-20H2,1-3H3,(H,29,35). The minimum atomic E-state index is -0.230. The summed E-state index contributed by atoms with van der Waals surface area (Å²) in [5.41, 5.74) is 5.70. The highest BCUT2D eigenvalue weighted by Gasteiger charge is 2.18. The van der Waals surface area contributed by atoms with Gasteiger partial charge in [-0.1, -0.05) is 18.2 Å². The van der Waals surface area contributed by atoms with E-state index in [0.29, 0.717) is 24.9 Å². The maximum absolute atomic E-state index is 12.7. The number of rotatable bonds is 9. The van der Waals surface area contributed by atoms with Gasteiger partial charge in [0.05, 0.1) is 18.5 Å². The lowest BCUT2D eigenvalue weighted by Gasteiger charge is -2.36. The van der Waals surface area contributed by atoms with Gasteiger partial charge in [0.25, 0.3) is 5.91 Å². The summed E-state index contributed by atoms with van der Waals surface area (Å²) < 4.78 is 6.61. The molecular weight excluding hydrogens is 454 g/mol. The molecule has 1 saturated heterocycles. The number of carbonyl (C=O) groups excluding carboxylic acids is 2. The third-order valence-electron chi connectivity index (χ3n) is 6.83. The third kappa shape index (κ3) is 6.12. The second kappa shape index (κ2) is 11.9. The van der Waals surface area contributed by atoms with Crippen LogP contribution in [0, 0.1) is 13.8 Å². The van der Waals surface area contributed by atoms with Crippen molar-refractivity contribution in [3.05, 3.63) is 77.1 Å². The summed E-state index contributed by atoms with van der Waals surface area (Å²) in [7, 11) is 1.40. The van der Waals surface area contributed by atoms with E-state index in [1.54, 1.807) is 0 Å². The van der Waals surface area contributed by atoms with E-state index in [-0.39, 0.29) is 11.9 Å². The van der Waals surface area contributed by atoms with Crippen LogP contribution in [0.5, 0.6) is 0 Å². The zero-order valence-electron chi connectivity index (χ0n) is 21.4. The number of aryl methyl sites for hydroxylation is 1. The summed E-state index contributed by atoms with van der Waals surface area (Å²) in [4.78, 5) is 29.0. The molecule has 36 heavy (non-hydrogen) atoms. The molecule has 1 fully saturated rings. The van der Waals surface area contributed by atoms with E-state index < -0.39 is 0 Å². The Hall–Kier alpha value is -3.65. The molecule has 8 heteroatoms. The average Bonchev–Trinajstić information content (AvgIpc) is 3.20. The average molecular weight is 490 g/mol. The van der Waals surface area contributed by atoms with E-state index in [1.807, 2.05) is 48.9 Å². The van der Waals surface area contributed by atoms with Crippen LogP contribution in [0.15, 0.2) is 54.6 Å². The lowest BCUT2D eigenvalue weighted by Crippen LogP contribution is -2.48. The first-order valence-corrected chi connectivity index (χ1v) is 12.5. The van der Waals surface area contributed by atoms with E-state index >= 15 is 0 Å². The number of para-hydroxylation sites is 1. The number of anilines is 1. The predicted molar refractivity (Wildman–Crippen MR) is 141 cm³/mol. The molecule has 1 aliphatic heterocycles. The Morgan fingerprint density at radius 3 is 2.31 bits per heavy atom. The predicted octanol–water partition coefficient (Wildman–Crippen LogP) is 3.15. The molecule has 1 amide bonds. The molecule has 2 aromatic carbocycles. The number of nitrogens with one attached hydrogen (secondary N) is 1. The van der Waals surface area contributed by atoms with Gasteiger partial charge in [-0.25, -0.2) is 4.68 Å². The number of piperazine rings is 1. The molecule has 0 spiro atoms. The van der Waals surface area contributed by atoms with Crippen molar-refractivity contribution in [1.29, 1.82) is 0 Å². The van der Waals surface area contributed by atoms with Crippen LogP contribution < -0.4 is 10.2 Å². The molecule has 0 radical (unpaired) electrons. The van der Waals surface area contributed by atoms with Crippen LogP contribution in [0.3, 0.4) is 0 Å². The van der Waals surface area contributed by atoms with Gasteiger partial charge in [-0.2, -0.15) is 5.10 Å². The summed E-state index contributed by atoms with van der Waals surface area (Å²) >= 11 is 0. The molecular formula is C28H35N5O3. The Kier molecular flexibility index (Phi) is 8.38. The van der Waals surface area contributed by atoms with E-state index in [1.165, 1.54) is 12.8 Å². The Morgan fingerprint density at radius 2 is 1.64 bits per heavy atom. The van der Waals surface area contributed by atoms with E-state index in [9.17, 15) is 9.59 Å². The number of amides is 1. The van der Waals surface area contributed by atoms with Crippen molar-refractivity contribution in [1.82, 2.24) is 20.0 Å². The lowest BCUT2D eigenvalue weighted by molar-refractivity contribution is -0.140. The molecule has 0 aliphatic carbocycles. The summed E-state index contributed by atoms with van der Waals surface area (Å²) in [5, 5.41) is 7.69. The van der Waals surface area contributed by atoms with Crippen molar-refractivity contribution in [2.75, 3.05) is 51.3 Å². The first kappa shape index (κ1) is 25.4. The van der Waals surface area contributed by atoms with Gasteiger partial charge in [0.15, 0.2) is 0 Å². The fraction of sp³-hybridized carbons (Fsp3) is 0.393. The van der Waals surface area contributed by atoms with Gasteiger partial charge in [-0.15, -0.1) is 0 Å². The van der Waals surface area contributed by atoms with Crippen molar-refractivity contribution in [2.24, 2.45) is 0 Å². The van der Waals surface area contributed by atoms with Crippen LogP contribution in [0.1, 0.15) is 33.7 Å². The van der Waals surface area contributed by atoms with Crippen LogP contribution in [0.2, 0.25) is 0 Å². The normalized spacial score (nSPS) is 14.0. The number of methoxy groups -OCH3 is 1. The van der Waals surface area contributed by atoms with Gasteiger partial charge in [-0.3, -0.25) is 14.5 Å². The lowest BCUT2D eigenvalue weighted by atomic mass is 10.1. The molecule has 4 rings (SSSR count). The van der Waals surface area contributed by atoms with Gasteiger partial charge >= 0.3 is 5.97 Å². The van der Waals surface area contributed by atoms with Crippen molar-refractivity contribution in [3.8, 4) is 5.69 Å². The van der Waals surface area contributed by atoms with Crippen LogP contribution in [-0.2, 0) is 16.0 Å². The van der Waals surface area contributed by atoms with Gasteiger partial charge in [0, 0.05) is 62.6 Å². The number of carbonyl (C=O) groups is 2. The molecule has 1 aromatic heterocycles. The molecule has 2 heterocycles. The highest BCUT2D eigenvalue weighted by Crippen LogP contribution is 2.20. The summed E-state index contributed by atoms with van der Waals surface area (Å²) in [6, 6.07) is 18.0. The van der Waals surface area contributed by atoms with Crippen molar-refractivity contribution >= 4 is 17.6 Å². The highest BCUT2D eigenvalue weighted by atomic mass is 16.5. The number of esters is 1. The van der Waals surface area contributed by atoms with Gasteiger partial charge in [0.1, 0.15) is 0 Å². The summed E-state index contributed by atoms with van der Waals surface area (Å²) in [6.07, 6.45) is 0.915. The number of benzene rings is 2. The molecule has 190 valence electrons. The number of nitrogens with zero attached hydrogens (tertiary/aromatic N) is 4. The number of ether oxygens (including phenoxy) is 1. The maximum Gasteiger partial charge on any atom is 0.305 e. The Labute approximate surface area is 212 Å². The van der Waals surface area contributed by atoms with Crippen LogP contribution in [-0.4, -0.2) is 72.9 Å². The van der Waals surface area contributed by atoms with E-state index in [4.69, 9.17) is 4.74 Å². The second-order valence-electron chi connectivity index (χ2n) is 9.10. The zero-order chi connectivity index (χ0) is 25.5. The fourth-order valence-corrected chi connectivity index (χ4v) is 4.67. The second-order valence-corrected chi connectivity index (χ2v) is 9.10. The number of hydrogen-bond donors (Lipinski definition) is 1. The number of aromatic nitrogens is 2. The molecule has 0 bridgehead atoms. The Morgan fingerprint density at radius 1 is 0.944 bits per heavy atom. The van der Waals surface area contributed by atoms with Crippen molar-refractivity contribution in [2.45, 2.75) is 26.7 Å². The minimum absolute atomic E-state index is 0.0726. The van der Waals surface area contributed by atoms with Gasteiger partial charge in [-0.05, 0) is 62.2 Å². The Balaban J connectivity index is 1.26. The molecule has 3 aromatic rings. The van der Waals surface area contributed by atoms with Crippen molar-refractivity contribution < 1.29 is 14.3 Å². The SMILES string of the molecule is COC(=O)CCc1c(C)nn(-c2ccc(C(=O)NCCN3CCN(c4ccccc4)CC3)cc2)c1C. The quantitative estimate of drug-likeness (QED) is 0.465. The molecule has 1 aliphatic rings. The molecule has 0 saturated carbocycles. The third-order valence-corrected chi connectivity index (χ3v) is 6.83. The molecule has 0 atom stereocenters. The van der Waals surface area contributed by atoms with Crippen LogP contribution in [0.25, 0.3) is 5.69 Å². The van der Waals surface area contributed by atoms with E-state index in [0.717, 1.165) is 55.4 Å². The van der Waals surface area contributed by atoms with Crippen LogP contribution >= 0.6 is 0 Å². The van der Waals surface area contributed by atoms with Gasteiger partial charge in [0.2, 0.25) is 0 Å². The number of hydrogen-bond acceptors (Lipinski definition) is 6. The van der Waals surface area contributed by atoms with Gasteiger partial charge < -0.3 is 15.0 Å². The fourth-order valence-electron chi connectivity index (χ4n) is 4.67. The highest BCUT2D eigenvalue weighted by molar-refractivity contribution is 5.94. The van der Waals surface area contributed by atoms with E-state index in [2.05, 4.69) is 44.5 Å². The smallest absolute Gasteiger partial charge is 0.305 e. The molecule has 8 nitrogen and oxygen atoms in total. The van der Waals surface area contributed by atoms with Crippen LogP contribution in [0.4, 0.5) is 5.69 Å². The first-order chi connectivity index (χ1) is 17.5. The van der Waals surface area contributed by atoms with Crippen molar-refractivity contribution in [3.63, 3.8) is 0 Å².